The number of carboxylic acids is 1. The van der Waals surface area contributed by atoms with Crippen LogP contribution in [0.25, 0.3) is 0 Å². The van der Waals surface area contributed by atoms with Crippen LogP contribution in [0.1, 0.15) is 32.1 Å². The number of amides is 2. The molecule has 2 amide bonds. The lowest BCUT2D eigenvalue weighted by Gasteiger charge is -2.33. The number of hydrogen-bond donors (Lipinski definition) is 3. The van der Waals surface area contributed by atoms with Gasteiger partial charge in [0.2, 0.25) is 0 Å². The van der Waals surface area contributed by atoms with E-state index in [0.29, 0.717) is 26.1 Å². The summed E-state index contributed by atoms with van der Waals surface area (Å²) in [6, 6.07) is -0.248. The molecule has 3 aliphatic heterocycles. The second-order valence-corrected chi connectivity index (χ2v) is 6.24. The summed E-state index contributed by atoms with van der Waals surface area (Å²) in [6.45, 7) is 0.991. The number of fused-ring (bicyclic) bond motifs is 2. The van der Waals surface area contributed by atoms with Crippen molar-refractivity contribution in [2.75, 3.05) is 19.8 Å². The predicted molar refractivity (Wildman–Crippen MR) is 73.0 cm³/mol. The molecule has 0 aromatic carbocycles. The number of ether oxygens (including phenoxy) is 2. The molecule has 0 aromatic heterocycles. The molecule has 0 saturated carbocycles. The van der Waals surface area contributed by atoms with Crippen LogP contribution in [-0.2, 0) is 14.3 Å². The van der Waals surface area contributed by atoms with Gasteiger partial charge in [-0.15, -0.1) is 0 Å². The van der Waals surface area contributed by atoms with Gasteiger partial charge in [-0.1, -0.05) is 0 Å². The van der Waals surface area contributed by atoms with Crippen LogP contribution in [0.15, 0.2) is 0 Å². The second kappa shape index (κ2) is 5.81. The van der Waals surface area contributed by atoms with E-state index in [1.165, 1.54) is 0 Å². The first-order valence-electron chi connectivity index (χ1n) is 7.60. The number of nitrogens with one attached hydrogen (secondary N) is 2. The predicted octanol–water partition coefficient (Wildman–Crippen LogP) is 0.487. The average molecular weight is 298 g/mol. The fourth-order valence-corrected chi connectivity index (χ4v) is 3.49. The van der Waals surface area contributed by atoms with E-state index in [1.54, 1.807) is 0 Å². The van der Waals surface area contributed by atoms with Crippen molar-refractivity contribution in [2.45, 2.75) is 50.4 Å². The van der Waals surface area contributed by atoms with Crippen molar-refractivity contribution in [3.05, 3.63) is 0 Å². The molecule has 0 aromatic rings. The van der Waals surface area contributed by atoms with Gasteiger partial charge in [-0.3, -0.25) is 4.79 Å². The third kappa shape index (κ3) is 2.98. The van der Waals surface area contributed by atoms with Gasteiger partial charge in [0.1, 0.15) is 0 Å². The minimum atomic E-state index is -0.902. The van der Waals surface area contributed by atoms with Gasteiger partial charge in [-0.05, 0) is 32.1 Å². The Kier molecular flexibility index (Phi) is 4.03. The van der Waals surface area contributed by atoms with Crippen LogP contribution in [0.2, 0.25) is 0 Å². The highest BCUT2D eigenvalue weighted by Crippen LogP contribution is 2.34. The number of hydrogen-bond acceptors (Lipinski definition) is 4. The van der Waals surface area contributed by atoms with E-state index in [2.05, 4.69) is 10.6 Å². The molecule has 7 heteroatoms. The van der Waals surface area contributed by atoms with Gasteiger partial charge in [0.15, 0.2) is 0 Å². The molecule has 3 rings (SSSR count). The monoisotopic (exact) mass is 298 g/mol. The Morgan fingerprint density at radius 1 is 1.24 bits per heavy atom. The highest BCUT2D eigenvalue weighted by Gasteiger charge is 2.43. The molecule has 21 heavy (non-hydrogen) atoms. The normalized spacial score (nSPS) is 33.6. The lowest BCUT2D eigenvalue weighted by atomic mass is 9.80. The molecule has 2 bridgehead atoms. The zero-order valence-electron chi connectivity index (χ0n) is 12.0. The Morgan fingerprint density at radius 3 is 2.57 bits per heavy atom. The molecule has 0 spiro atoms. The molecule has 3 unspecified atom stereocenters. The molecule has 118 valence electrons. The second-order valence-electron chi connectivity index (χ2n) is 6.24. The Balaban J connectivity index is 1.49. The van der Waals surface area contributed by atoms with Crippen molar-refractivity contribution in [3.63, 3.8) is 0 Å². The first-order valence-corrected chi connectivity index (χ1v) is 7.60. The topological polar surface area (TPSA) is 96.9 Å². The molecule has 3 atom stereocenters. The molecular formula is C14H22N2O5. The number of aliphatic carboxylic acids is 1. The summed E-state index contributed by atoms with van der Waals surface area (Å²) in [7, 11) is 0. The van der Waals surface area contributed by atoms with Gasteiger partial charge < -0.3 is 25.2 Å². The molecule has 3 N–H and O–H groups in total. The maximum atomic E-state index is 12.0. The van der Waals surface area contributed by atoms with E-state index in [0.717, 1.165) is 19.3 Å². The molecule has 0 radical (unpaired) electrons. The highest BCUT2D eigenvalue weighted by molar-refractivity contribution is 5.78. The maximum absolute atomic E-state index is 12.0. The molecule has 0 aliphatic carbocycles. The highest BCUT2D eigenvalue weighted by atomic mass is 16.5. The smallest absolute Gasteiger partial charge is 0.315 e. The summed E-state index contributed by atoms with van der Waals surface area (Å²) < 4.78 is 10.9. The number of carbonyl (C=O) groups excluding carboxylic acids is 1. The van der Waals surface area contributed by atoms with Crippen LogP contribution in [-0.4, -0.2) is 55.1 Å². The Morgan fingerprint density at radius 2 is 2.00 bits per heavy atom. The minimum Gasteiger partial charge on any atom is -0.481 e. The van der Waals surface area contributed by atoms with Crippen molar-refractivity contribution >= 4 is 12.0 Å². The largest absolute Gasteiger partial charge is 0.481 e. The van der Waals surface area contributed by atoms with Crippen LogP contribution in [0.3, 0.4) is 0 Å². The first-order chi connectivity index (χ1) is 10.1. The van der Waals surface area contributed by atoms with Crippen molar-refractivity contribution in [1.29, 1.82) is 0 Å². The Bertz CT molecular complexity index is 422. The first kappa shape index (κ1) is 14.6. The van der Waals surface area contributed by atoms with Crippen molar-refractivity contribution in [3.8, 4) is 0 Å². The number of carboxylic acid groups (broad SMARTS) is 1. The molecule has 3 fully saturated rings. The fraction of sp³-hybridized carbons (Fsp3) is 0.857. The van der Waals surface area contributed by atoms with Crippen LogP contribution in [0.4, 0.5) is 4.79 Å². The third-order valence-corrected chi connectivity index (χ3v) is 4.91. The fourth-order valence-electron chi connectivity index (χ4n) is 3.49. The molecular weight excluding hydrogens is 276 g/mol. The quantitative estimate of drug-likeness (QED) is 0.702. The van der Waals surface area contributed by atoms with Gasteiger partial charge in [0.25, 0.3) is 0 Å². The van der Waals surface area contributed by atoms with E-state index >= 15 is 0 Å². The summed E-state index contributed by atoms with van der Waals surface area (Å²) in [4.78, 5) is 23.5. The van der Waals surface area contributed by atoms with Gasteiger partial charge in [-0.25, -0.2) is 4.79 Å². The van der Waals surface area contributed by atoms with Crippen LogP contribution >= 0.6 is 0 Å². The summed E-state index contributed by atoms with van der Waals surface area (Å²) in [5.41, 5.74) is -0.902. The zero-order chi connectivity index (χ0) is 14.9. The minimum absolute atomic E-state index is 0.0548. The van der Waals surface area contributed by atoms with E-state index in [9.17, 15) is 14.7 Å². The van der Waals surface area contributed by atoms with E-state index < -0.39 is 11.4 Å². The molecule has 7 nitrogen and oxygen atoms in total. The van der Waals surface area contributed by atoms with Crippen LogP contribution < -0.4 is 10.6 Å². The lowest BCUT2D eigenvalue weighted by Crippen LogP contribution is -2.51. The summed E-state index contributed by atoms with van der Waals surface area (Å²) >= 11 is 0. The SMILES string of the molecule is O=C(NCC1(C(=O)O)CCOCC1)NC1CC2CCC1O2. The lowest BCUT2D eigenvalue weighted by molar-refractivity contribution is -0.154. The van der Waals surface area contributed by atoms with E-state index in [4.69, 9.17) is 9.47 Å². The Hall–Kier alpha value is -1.34. The van der Waals surface area contributed by atoms with Gasteiger partial charge >= 0.3 is 12.0 Å². The summed E-state index contributed by atoms with van der Waals surface area (Å²) in [5.74, 6) is -0.866. The third-order valence-electron chi connectivity index (χ3n) is 4.91. The van der Waals surface area contributed by atoms with E-state index in [-0.39, 0.29) is 30.8 Å². The molecule has 3 saturated heterocycles. The number of urea groups is 1. The number of carbonyl (C=O) groups is 2. The van der Waals surface area contributed by atoms with Crippen LogP contribution in [0.5, 0.6) is 0 Å². The van der Waals surface area contributed by atoms with Gasteiger partial charge in [-0.2, -0.15) is 0 Å². The molecule has 3 heterocycles. The van der Waals surface area contributed by atoms with Crippen molar-refractivity contribution in [2.24, 2.45) is 5.41 Å². The average Bonchev–Trinajstić information content (AvgIpc) is 3.08. The van der Waals surface area contributed by atoms with Crippen molar-refractivity contribution < 1.29 is 24.2 Å². The van der Waals surface area contributed by atoms with Gasteiger partial charge in [0, 0.05) is 19.8 Å². The number of rotatable bonds is 4. The summed E-state index contributed by atoms with van der Waals surface area (Å²) in [6.07, 6.45) is 4.19. The van der Waals surface area contributed by atoms with Crippen LogP contribution in [0, 0.1) is 5.41 Å². The molecule has 3 aliphatic rings. The van der Waals surface area contributed by atoms with E-state index in [1.807, 2.05) is 0 Å². The van der Waals surface area contributed by atoms with Crippen molar-refractivity contribution in [1.82, 2.24) is 10.6 Å². The van der Waals surface area contributed by atoms with Gasteiger partial charge in [0.05, 0.1) is 23.7 Å². The standard InChI is InChI=1S/C14H22N2O5/c17-12(18)14(3-5-20-6-4-14)8-15-13(19)16-10-7-9-1-2-11(10)21-9/h9-11H,1-8H2,(H,17,18)(H2,15,16,19). The maximum Gasteiger partial charge on any atom is 0.315 e. The Labute approximate surface area is 123 Å². The summed E-state index contributed by atoms with van der Waals surface area (Å²) in [5, 5.41) is 15.1. The zero-order valence-corrected chi connectivity index (χ0v) is 12.0.